The number of alkyl halides is 3. The molecule has 0 saturated heterocycles. The van der Waals surface area contributed by atoms with Crippen molar-refractivity contribution >= 4 is 11.2 Å². The van der Waals surface area contributed by atoms with E-state index in [0.29, 0.717) is 11.2 Å². The fourth-order valence-corrected chi connectivity index (χ4v) is 2.89. The molecular formula is C19H14F3N5O. The summed E-state index contributed by atoms with van der Waals surface area (Å²) in [5.74, 6) is 0. The van der Waals surface area contributed by atoms with E-state index < -0.39 is 17.3 Å². The van der Waals surface area contributed by atoms with Crippen LogP contribution in [0.15, 0.2) is 59.7 Å². The van der Waals surface area contributed by atoms with Gasteiger partial charge in [0.05, 0.1) is 17.8 Å². The van der Waals surface area contributed by atoms with Crippen molar-refractivity contribution in [1.29, 1.82) is 0 Å². The van der Waals surface area contributed by atoms with Crippen LogP contribution in [-0.2, 0) is 12.7 Å². The van der Waals surface area contributed by atoms with Gasteiger partial charge in [-0.05, 0) is 42.3 Å². The molecule has 0 bridgehead atoms. The second-order valence-corrected chi connectivity index (χ2v) is 6.38. The van der Waals surface area contributed by atoms with Crippen molar-refractivity contribution in [2.75, 3.05) is 0 Å². The molecule has 0 unspecified atom stereocenters. The van der Waals surface area contributed by atoms with E-state index in [0.717, 1.165) is 23.4 Å². The van der Waals surface area contributed by atoms with Gasteiger partial charge in [0.25, 0.3) is 5.56 Å². The summed E-state index contributed by atoms with van der Waals surface area (Å²) < 4.78 is 40.8. The summed E-state index contributed by atoms with van der Waals surface area (Å²) in [5, 5.41) is 7.96. The number of aryl methyl sites for hydroxylation is 1. The van der Waals surface area contributed by atoms with Crippen molar-refractivity contribution in [3.63, 3.8) is 0 Å². The van der Waals surface area contributed by atoms with Gasteiger partial charge in [-0.15, -0.1) is 5.10 Å². The summed E-state index contributed by atoms with van der Waals surface area (Å²) in [6, 6.07) is 12.2. The van der Waals surface area contributed by atoms with E-state index in [1.165, 1.54) is 27.7 Å². The Morgan fingerprint density at radius 1 is 1.07 bits per heavy atom. The average Bonchev–Trinajstić information content (AvgIpc) is 3.09. The lowest BCUT2D eigenvalue weighted by molar-refractivity contribution is -0.137. The Morgan fingerprint density at radius 3 is 2.50 bits per heavy atom. The highest BCUT2D eigenvalue weighted by molar-refractivity contribution is 5.70. The first kappa shape index (κ1) is 17.9. The lowest BCUT2D eigenvalue weighted by atomic mass is 10.1. The van der Waals surface area contributed by atoms with Gasteiger partial charge in [0.2, 0.25) is 0 Å². The molecule has 4 aromatic rings. The maximum absolute atomic E-state index is 12.7. The van der Waals surface area contributed by atoms with Gasteiger partial charge < -0.3 is 0 Å². The average molecular weight is 385 g/mol. The third-order valence-corrected chi connectivity index (χ3v) is 4.31. The van der Waals surface area contributed by atoms with Crippen molar-refractivity contribution in [3.05, 3.63) is 81.9 Å². The molecule has 0 spiro atoms. The molecule has 0 aliphatic rings. The fraction of sp³-hybridized carbons (Fsp3) is 0.158. The molecular weight excluding hydrogens is 371 g/mol. The van der Waals surface area contributed by atoms with E-state index in [4.69, 9.17) is 0 Å². The van der Waals surface area contributed by atoms with Gasteiger partial charge in [-0.25, -0.2) is 4.98 Å². The van der Waals surface area contributed by atoms with Gasteiger partial charge in [0.1, 0.15) is 6.33 Å². The van der Waals surface area contributed by atoms with Gasteiger partial charge in [-0.1, -0.05) is 29.5 Å². The van der Waals surface area contributed by atoms with E-state index in [-0.39, 0.29) is 12.1 Å². The number of rotatable bonds is 3. The summed E-state index contributed by atoms with van der Waals surface area (Å²) >= 11 is 0. The Labute approximate surface area is 156 Å². The number of nitrogens with zero attached hydrogens (tertiary/aromatic N) is 5. The van der Waals surface area contributed by atoms with E-state index in [1.54, 1.807) is 0 Å². The molecule has 9 heteroatoms. The fourth-order valence-electron chi connectivity index (χ4n) is 2.89. The van der Waals surface area contributed by atoms with Gasteiger partial charge in [-0.3, -0.25) is 9.36 Å². The summed E-state index contributed by atoms with van der Waals surface area (Å²) in [4.78, 5) is 17.0. The topological polar surface area (TPSA) is 65.6 Å². The first-order valence-corrected chi connectivity index (χ1v) is 8.37. The molecule has 28 heavy (non-hydrogen) atoms. The molecule has 142 valence electrons. The summed E-state index contributed by atoms with van der Waals surface area (Å²) in [7, 11) is 0. The quantitative estimate of drug-likeness (QED) is 0.543. The first-order chi connectivity index (χ1) is 13.3. The second-order valence-electron chi connectivity index (χ2n) is 6.38. The smallest absolute Gasteiger partial charge is 0.293 e. The molecule has 0 N–H and O–H groups in total. The molecule has 0 aliphatic carbocycles. The Kier molecular flexibility index (Phi) is 4.21. The number of hydrogen-bond donors (Lipinski definition) is 0. The largest absolute Gasteiger partial charge is 0.416 e. The highest BCUT2D eigenvalue weighted by atomic mass is 19.4. The highest BCUT2D eigenvalue weighted by Crippen LogP contribution is 2.29. The Morgan fingerprint density at radius 2 is 1.82 bits per heavy atom. The van der Waals surface area contributed by atoms with Crippen LogP contribution in [0.4, 0.5) is 13.2 Å². The molecule has 2 aromatic heterocycles. The minimum Gasteiger partial charge on any atom is -0.293 e. The number of halogens is 3. The number of aromatic nitrogens is 5. The second kappa shape index (κ2) is 6.59. The minimum absolute atomic E-state index is 0.0806. The summed E-state index contributed by atoms with van der Waals surface area (Å²) in [6.45, 7) is 2.02. The van der Waals surface area contributed by atoms with Crippen LogP contribution in [0.1, 0.15) is 16.7 Å². The van der Waals surface area contributed by atoms with Gasteiger partial charge in [0.15, 0.2) is 11.2 Å². The van der Waals surface area contributed by atoms with Crippen LogP contribution >= 0.6 is 0 Å². The predicted octanol–water partition coefficient (Wildman–Crippen LogP) is 3.35. The molecule has 6 nitrogen and oxygen atoms in total. The first-order valence-electron chi connectivity index (χ1n) is 8.37. The van der Waals surface area contributed by atoms with Crippen molar-refractivity contribution in [3.8, 4) is 5.69 Å². The predicted molar refractivity (Wildman–Crippen MR) is 96.2 cm³/mol. The maximum atomic E-state index is 12.7. The minimum atomic E-state index is -4.40. The molecule has 0 radical (unpaired) electrons. The van der Waals surface area contributed by atoms with E-state index in [1.807, 2.05) is 31.2 Å². The molecule has 2 aromatic carbocycles. The zero-order valence-corrected chi connectivity index (χ0v) is 14.7. The number of fused-ring (bicyclic) bond motifs is 1. The lowest BCUT2D eigenvalue weighted by Gasteiger charge is -2.09. The molecule has 0 amide bonds. The van der Waals surface area contributed by atoms with Crippen LogP contribution < -0.4 is 5.56 Å². The van der Waals surface area contributed by atoms with Gasteiger partial charge >= 0.3 is 6.18 Å². The monoisotopic (exact) mass is 385 g/mol. The van der Waals surface area contributed by atoms with Gasteiger partial charge in [0, 0.05) is 0 Å². The van der Waals surface area contributed by atoms with Crippen molar-refractivity contribution in [2.45, 2.75) is 19.6 Å². The Bertz CT molecular complexity index is 1210. The van der Waals surface area contributed by atoms with E-state index >= 15 is 0 Å². The van der Waals surface area contributed by atoms with Crippen LogP contribution in [0, 0.1) is 6.92 Å². The van der Waals surface area contributed by atoms with Crippen LogP contribution in [0.3, 0.4) is 0 Å². The Balaban J connectivity index is 1.68. The zero-order chi connectivity index (χ0) is 19.9. The molecule has 2 heterocycles. The van der Waals surface area contributed by atoms with Gasteiger partial charge in [-0.2, -0.15) is 17.9 Å². The highest BCUT2D eigenvalue weighted by Gasteiger charge is 2.29. The molecule has 0 aliphatic heterocycles. The summed E-state index contributed by atoms with van der Waals surface area (Å²) in [5.41, 5.74) is 1.56. The third-order valence-electron chi connectivity index (χ3n) is 4.31. The van der Waals surface area contributed by atoms with Crippen LogP contribution in [0.25, 0.3) is 16.9 Å². The van der Waals surface area contributed by atoms with Crippen LogP contribution in [0.5, 0.6) is 0 Å². The molecule has 0 saturated carbocycles. The Hall–Kier alpha value is -3.49. The van der Waals surface area contributed by atoms with Crippen molar-refractivity contribution in [2.24, 2.45) is 0 Å². The van der Waals surface area contributed by atoms with Crippen molar-refractivity contribution in [1.82, 2.24) is 24.5 Å². The lowest BCUT2D eigenvalue weighted by Crippen LogP contribution is -2.21. The molecule has 0 atom stereocenters. The number of benzene rings is 2. The zero-order valence-electron chi connectivity index (χ0n) is 14.7. The number of hydrogen-bond acceptors (Lipinski definition) is 4. The SMILES string of the molecule is Cc1cccc(-n2nnc3c(=O)n(Cc4ccc(C(F)(F)F)cc4)cnc32)c1. The van der Waals surface area contributed by atoms with E-state index in [2.05, 4.69) is 15.3 Å². The molecule has 0 fully saturated rings. The van der Waals surface area contributed by atoms with Crippen LogP contribution in [0.2, 0.25) is 0 Å². The summed E-state index contributed by atoms with van der Waals surface area (Å²) in [6.07, 6.45) is -3.05. The third kappa shape index (κ3) is 3.26. The molecule has 4 rings (SSSR count). The van der Waals surface area contributed by atoms with Crippen molar-refractivity contribution < 1.29 is 13.2 Å². The maximum Gasteiger partial charge on any atom is 0.416 e. The van der Waals surface area contributed by atoms with Crippen LogP contribution in [-0.4, -0.2) is 24.5 Å². The normalized spacial score (nSPS) is 11.9. The van der Waals surface area contributed by atoms with E-state index in [9.17, 15) is 18.0 Å². The standard InChI is InChI=1S/C19H14F3N5O/c1-12-3-2-4-15(9-12)27-17-16(24-25-27)18(28)26(11-23-17)10-13-5-7-14(8-6-13)19(20,21)22/h2-9,11H,10H2,1H3.